The fraction of sp³-hybridized carbons (Fsp3) is 0.875. The molecule has 0 aromatic heterocycles. The molecule has 2 unspecified atom stereocenters. The van der Waals surface area contributed by atoms with Crippen LogP contribution in [0.15, 0.2) is 0 Å². The zero-order valence-electron chi connectivity index (χ0n) is 7.62. The fourth-order valence-electron chi connectivity index (χ4n) is 1.39. The summed E-state index contributed by atoms with van der Waals surface area (Å²) >= 11 is 0. The lowest BCUT2D eigenvalue weighted by molar-refractivity contribution is 0.101. The molecule has 2 atom stereocenters. The average molecular weight is 172 g/mol. The molecule has 0 aliphatic carbocycles. The Kier molecular flexibility index (Phi) is 2.92. The molecule has 70 valence electrons. The zero-order valence-corrected chi connectivity index (χ0v) is 7.62. The van der Waals surface area contributed by atoms with Crippen molar-refractivity contribution in [1.82, 2.24) is 4.90 Å². The van der Waals surface area contributed by atoms with Gasteiger partial charge in [-0.25, -0.2) is 4.79 Å². The van der Waals surface area contributed by atoms with E-state index in [-0.39, 0.29) is 12.1 Å². The van der Waals surface area contributed by atoms with E-state index in [9.17, 15) is 4.79 Å². The Hall–Kier alpha value is -0.770. The van der Waals surface area contributed by atoms with Gasteiger partial charge in [0.25, 0.3) is 0 Å². The largest absolute Gasteiger partial charge is 0.453 e. The van der Waals surface area contributed by atoms with Gasteiger partial charge in [0.1, 0.15) is 0 Å². The summed E-state index contributed by atoms with van der Waals surface area (Å²) in [6.07, 6.45) is 0.702. The van der Waals surface area contributed by atoms with Gasteiger partial charge in [0.15, 0.2) is 0 Å². The summed E-state index contributed by atoms with van der Waals surface area (Å²) in [7, 11) is 1.39. The third-order valence-corrected chi connectivity index (χ3v) is 2.45. The fourth-order valence-corrected chi connectivity index (χ4v) is 1.39. The Bertz CT molecular complexity index is 172. The predicted molar refractivity (Wildman–Crippen MR) is 45.7 cm³/mol. The second kappa shape index (κ2) is 3.76. The molecule has 4 nitrogen and oxygen atoms in total. The van der Waals surface area contributed by atoms with E-state index in [1.165, 1.54) is 7.11 Å². The molecule has 0 bridgehead atoms. The first kappa shape index (κ1) is 9.32. The number of carbonyl (C=O) groups excluding carboxylic acids is 1. The zero-order chi connectivity index (χ0) is 9.14. The van der Waals surface area contributed by atoms with E-state index in [2.05, 4.69) is 11.7 Å². The van der Waals surface area contributed by atoms with Crippen LogP contribution < -0.4 is 5.73 Å². The van der Waals surface area contributed by atoms with Crippen LogP contribution >= 0.6 is 0 Å². The van der Waals surface area contributed by atoms with Gasteiger partial charge in [-0.3, -0.25) is 0 Å². The highest BCUT2D eigenvalue weighted by molar-refractivity contribution is 5.67. The molecule has 0 radical (unpaired) electrons. The molecule has 2 N–H and O–H groups in total. The van der Waals surface area contributed by atoms with Gasteiger partial charge in [0.05, 0.1) is 7.11 Å². The molecular formula is C8H16N2O2. The Balaban J connectivity index is 2.45. The number of amides is 1. The van der Waals surface area contributed by atoms with Crippen molar-refractivity contribution >= 4 is 6.09 Å². The summed E-state index contributed by atoms with van der Waals surface area (Å²) in [6.45, 7) is 3.49. The van der Waals surface area contributed by atoms with Gasteiger partial charge in [0, 0.05) is 19.1 Å². The Morgan fingerprint density at radius 3 is 2.83 bits per heavy atom. The number of piperidine rings is 1. The van der Waals surface area contributed by atoms with Crippen LogP contribution in [0, 0.1) is 5.92 Å². The number of carbonyl (C=O) groups is 1. The van der Waals surface area contributed by atoms with Crippen LogP contribution in [0.2, 0.25) is 0 Å². The van der Waals surface area contributed by atoms with Crippen molar-refractivity contribution in [3.05, 3.63) is 0 Å². The van der Waals surface area contributed by atoms with E-state index in [1.54, 1.807) is 4.90 Å². The summed E-state index contributed by atoms with van der Waals surface area (Å²) in [5.41, 5.74) is 5.81. The van der Waals surface area contributed by atoms with Gasteiger partial charge in [-0.2, -0.15) is 0 Å². The minimum atomic E-state index is -0.266. The smallest absolute Gasteiger partial charge is 0.409 e. The quantitative estimate of drug-likeness (QED) is 0.576. The Morgan fingerprint density at radius 2 is 2.33 bits per heavy atom. The molecule has 4 heteroatoms. The van der Waals surface area contributed by atoms with Crippen LogP contribution in [-0.4, -0.2) is 37.2 Å². The molecule has 0 spiro atoms. The van der Waals surface area contributed by atoms with Gasteiger partial charge >= 0.3 is 6.09 Å². The lowest BCUT2D eigenvalue weighted by Gasteiger charge is -2.33. The van der Waals surface area contributed by atoms with E-state index in [0.717, 1.165) is 13.0 Å². The Labute approximate surface area is 72.7 Å². The lowest BCUT2D eigenvalue weighted by Crippen LogP contribution is -2.49. The van der Waals surface area contributed by atoms with Crippen LogP contribution in [0.3, 0.4) is 0 Å². The van der Waals surface area contributed by atoms with Crippen molar-refractivity contribution in [3.63, 3.8) is 0 Å². The highest BCUT2D eigenvalue weighted by atomic mass is 16.5. The maximum Gasteiger partial charge on any atom is 0.409 e. The molecule has 1 fully saturated rings. The molecular weight excluding hydrogens is 156 g/mol. The number of nitrogens with zero attached hydrogens (tertiary/aromatic N) is 1. The second-order valence-corrected chi connectivity index (χ2v) is 3.35. The number of hydrogen-bond acceptors (Lipinski definition) is 3. The predicted octanol–water partition coefficient (Wildman–Crippen LogP) is 0.422. The van der Waals surface area contributed by atoms with E-state index >= 15 is 0 Å². The topological polar surface area (TPSA) is 55.6 Å². The maximum absolute atomic E-state index is 11.1. The summed E-state index contributed by atoms with van der Waals surface area (Å²) in [5.74, 6) is 0.505. The van der Waals surface area contributed by atoms with Gasteiger partial charge < -0.3 is 15.4 Å². The SMILES string of the molecule is COC(=O)N1CCC(C)C(N)C1. The van der Waals surface area contributed by atoms with E-state index in [4.69, 9.17) is 5.73 Å². The highest BCUT2D eigenvalue weighted by Gasteiger charge is 2.26. The number of nitrogens with two attached hydrogens (primary N) is 1. The van der Waals surface area contributed by atoms with Crippen LogP contribution in [0.4, 0.5) is 4.79 Å². The summed E-state index contributed by atoms with van der Waals surface area (Å²) in [4.78, 5) is 12.7. The molecule has 1 aliphatic rings. The molecule has 0 saturated carbocycles. The molecule has 0 aromatic rings. The Morgan fingerprint density at radius 1 is 1.67 bits per heavy atom. The van der Waals surface area contributed by atoms with Crippen molar-refractivity contribution < 1.29 is 9.53 Å². The van der Waals surface area contributed by atoms with Crippen LogP contribution in [0.5, 0.6) is 0 Å². The van der Waals surface area contributed by atoms with Crippen molar-refractivity contribution in [2.24, 2.45) is 11.7 Å². The number of rotatable bonds is 0. The van der Waals surface area contributed by atoms with Crippen molar-refractivity contribution in [1.29, 1.82) is 0 Å². The number of hydrogen-bond donors (Lipinski definition) is 1. The first-order valence-corrected chi connectivity index (χ1v) is 4.23. The maximum atomic E-state index is 11.1. The standard InChI is InChI=1S/C8H16N2O2/c1-6-3-4-10(5-7(6)9)8(11)12-2/h6-7H,3-5,9H2,1-2H3. The van der Waals surface area contributed by atoms with Crippen LogP contribution in [0.1, 0.15) is 13.3 Å². The molecule has 1 aliphatic heterocycles. The molecule has 1 rings (SSSR count). The van der Waals surface area contributed by atoms with Gasteiger partial charge in [-0.15, -0.1) is 0 Å². The molecule has 1 saturated heterocycles. The number of methoxy groups -OCH3 is 1. The van der Waals surface area contributed by atoms with Gasteiger partial charge in [-0.1, -0.05) is 6.92 Å². The van der Waals surface area contributed by atoms with Crippen LogP contribution in [0.25, 0.3) is 0 Å². The normalized spacial score (nSPS) is 30.1. The monoisotopic (exact) mass is 172 g/mol. The third-order valence-electron chi connectivity index (χ3n) is 2.45. The third kappa shape index (κ3) is 1.88. The summed E-state index contributed by atoms with van der Waals surface area (Å²) < 4.78 is 4.60. The van der Waals surface area contributed by atoms with Crippen LogP contribution in [-0.2, 0) is 4.74 Å². The minimum Gasteiger partial charge on any atom is -0.453 e. The molecule has 12 heavy (non-hydrogen) atoms. The van der Waals surface area contributed by atoms with Crippen molar-refractivity contribution in [2.45, 2.75) is 19.4 Å². The van der Waals surface area contributed by atoms with E-state index in [1.807, 2.05) is 0 Å². The summed E-state index contributed by atoms with van der Waals surface area (Å²) in [6, 6.07) is 0.0952. The van der Waals surface area contributed by atoms with Crippen molar-refractivity contribution in [2.75, 3.05) is 20.2 Å². The molecule has 0 aromatic carbocycles. The first-order valence-electron chi connectivity index (χ1n) is 4.23. The first-order chi connectivity index (χ1) is 5.65. The number of likely N-dealkylation sites (tertiary alicyclic amines) is 1. The minimum absolute atomic E-state index is 0.0952. The highest BCUT2D eigenvalue weighted by Crippen LogP contribution is 2.15. The summed E-state index contributed by atoms with van der Waals surface area (Å²) in [5, 5.41) is 0. The van der Waals surface area contributed by atoms with E-state index in [0.29, 0.717) is 12.5 Å². The van der Waals surface area contributed by atoms with Crippen molar-refractivity contribution in [3.8, 4) is 0 Å². The average Bonchev–Trinajstić information content (AvgIpc) is 2.08. The molecule has 1 heterocycles. The molecule has 1 amide bonds. The van der Waals surface area contributed by atoms with Gasteiger partial charge in [-0.05, 0) is 12.3 Å². The number of ether oxygens (including phenoxy) is 1. The van der Waals surface area contributed by atoms with Gasteiger partial charge in [0.2, 0.25) is 0 Å². The second-order valence-electron chi connectivity index (χ2n) is 3.35. The van der Waals surface area contributed by atoms with E-state index < -0.39 is 0 Å². The lowest BCUT2D eigenvalue weighted by atomic mass is 9.95.